The van der Waals surface area contributed by atoms with Gasteiger partial charge in [-0.3, -0.25) is 0 Å². The van der Waals surface area contributed by atoms with E-state index in [0.29, 0.717) is 12.2 Å². The predicted molar refractivity (Wildman–Crippen MR) is 92.9 cm³/mol. The Balaban J connectivity index is 1.72. The number of rotatable bonds is 1. The molecule has 0 radical (unpaired) electrons. The molecular formula is C19H24N2O4. The van der Waals surface area contributed by atoms with Crippen molar-refractivity contribution in [2.75, 3.05) is 27.7 Å². The van der Waals surface area contributed by atoms with Crippen molar-refractivity contribution in [3.8, 4) is 11.5 Å². The smallest absolute Gasteiger partial charge is 0.409 e. The van der Waals surface area contributed by atoms with Crippen LogP contribution in [0.2, 0.25) is 0 Å². The van der Waals surface area contributed by atoms with Crippen molar-refractivity contribution in [2.45, 2.75) is 37.0 Å². The Bertz CT molecular complexity index is 745. The molecule has 0 saturated carbocycles. The normalized spacial score (nSPS) is 30.0. The first-order valence-corrected chi connectivity index (χ1v) is 8.68. The second-order valence-corrected chi connectivity index (χ2v) is 7.49. The van der Waals surface area contributed by atoms with Crippen LogP contribution >= 0.6 is 0 Å². The number of amides is 1. The highest BCUT2D eigenvalue weighted by Crippen LogP contribution is 2.55. The molecule has 6 nitrogen and oxygen atoms in total. The molecule has 1 aliphatic carbocycles. The summed E-state index contributed by atoms with van der Waals surface area (Å²) in [5.74, 6) is 0.786. The molecule has 0 aromatic heterocycles. The van der Waals surface area contributed by atoms with E-state index in [0.717, 1.165) is 25.1 Å². The summed E-state index contributed by atoms with van der Waals surface area (Å²) < 4.78 is 11.7. The van der Waals surface area contributed by atoms with Crippen LogP contribution in [0.15, 0.2) is 24.3 Å². The molecule has 2 heterocycles. The van der Waals surface area contributed by atoms with Crippen molar-refractivity contribution in [3.63, 3.8) is 0 Å². The monoisotopic (exact) mass is 344 g/mol. The summed E-state index contributed by atoms with van der Waals surface area (Å²) in [6.07, 6.45) is 4.83. The maximum atomic E-state index is 11.9. The van der Waals surface area contributed by atoms with Crippen molar-refractivity contribution in [1.82, 2.24) is 9.80 Å². The Morgan fingerprint density at radius 2 is 2.24 bits per heavy atom. The van der Waals surface area contributed by atoms with Gasteiger partial charge in [-0.1, -0.05) is 12.1 Å². The number of hydrogen-bond donors (Lipinski definition) is 1. The van der Waals surface area contributed by atoms with Gasteiger partial charge in [-0.2, -0.15) is 0 Å². The SMILES string of the molecule is CN1CC[C@@]23C=C[C@H](OC(=O)N(C)C)C[C@@H]2Oc2c(O)ccc(c23)C1. The highest BCUT2D eigenvalue weighted by molar-refractivity contribution is 5.67. The van der Waals surface area contributed by atoms with Crippen LogP contribution in [0.5, 0.6) is 11.5 Å². The third kappa shape index (κ3) is 2.47. The standard InChI is InChI=1S/C19H24N2O4/c1-20(2)18(23)24-13-6-7-19-8-9-21(3)11-12-4-5-14(22)17(16(12)19)25-15(19)10-13/h4-7,13,15,22H,8-11H2,1-3H3/t13-,15-,19-/m0/s1. The number of phenols is 1. The third-order valence-electron chi connectivity index (χ3n) is 5.54. The quantitative estimate of drug-likeness (QED) is 0.792. The Morgan fingerprint density at radius 1 is 1.44 bits per heavy atom. The first kappa shape index (κ1) is 16.3. The number of nitrogens with zero attached hydrogens (tertiary/aromatic N) is 2. The second kappa shape index (κ2) is 5.66. The zero-order valence-corrected chi connectivity index (χ0v) is 14.9. The topological polar surface area (TPSA) is 62.2 Å². The molecule has 0 fully saturated rings. The van der Waals surface area contributed by atoms with Gasteiger partial charge in [0, 0.05) is 32.6 Å². The summed E-state index contributed by atoms with van der Waals surface area (Å²) in [4.78, 5) is 15.6. The molecular weight excluding hydrogens is 320 g/mol. The highest BCUT2D eigenvalue weighted by atomic mass is 16.6. The average Bonchev–Trinajstić information content (AvgIpc) is 2.84. The number of ether oxygens (including phenoxy) is 2. The van der Waals surface area contributed by atoms with Gasteiger partial charge in [0.2, 0.25) is 0 Å². The molecule has 3 aliphatic rings. The van der Waals surface area contributed by atoms with E-state index in [-0.39, 0.29) is 29.5 Å². The van der Waals surface area contributed by atoms with E-state index in [1.807, 2.05) is 12.1 Å². The Hall–Kier alpha value is -2.21. The lowest BCUT2D eigenvalue weighted by Gasteiger charge is -2.37. The van der Waals surface area contributed by atoms with Crippen LogP contribution in [0.3, 0.4) is 0 Å². The van der Waals surface area contributed by atoms with Gasteiger partial charge in [0.05, 0.1) is 5.41 Å². The molecule has 4 rings (SSSR count). The van der Waals surface area contributed by atoms with E-state index < -0.39 is 0 Å². The summed E-state index contributed by atoms with van der Waals surface area (Å²) >= 11 is 0. The first-order chi connectivity index (χ1) is 11.9. The molecule has 3 atom stereocenters. The fraction of sp³-hybridized carbons (Fsp3) is 0.526. The van der Waals surface area contributed by atoms with E-state index >= 15 is 0 Å². The van der Waals surface area contributed by atoms with E-state index in [9.17, 15) is 9.90 Å². The fourth-order valence-electron chi connectivity index (χ4n) is 4.24. The number of phenolic OH excluding ortho intramolecular Hbond substituents is 1. The van der Waals surface area contributed by atoms with Gasteiger partial charge >= 0.3 is 6.09 Å². The molecule has 0 saturated heterocycles. The van der Waals surface area contributed by atoms with Gasteiger partial charge in [0.1, 0.15) is 12.2 Å². The lowest BCUT2D eigenvalue weighted by atomic mass is 9.69. The summed E-state index contributed by atoms with van der Waals surface area (Å²) in [6.45, 7) is 1.79. The first-order valence-electron chi connectivity index (χ1n) is 8.68. The fourth-order valence-corrected chi connectivity index (χ4v) is 4.24. The van der Waals surface area contributed by atoms with Gasteiger partial charge in [-0.15, -0.1) is 0 Å². The lowest BCUT2D eigenvalue weighted by molar-refractivity contribution is 0.0483. The van der Waals surface area contributed by atoms with Crippen molar-refractivity contribution < 1.29 is 19.4 Å². The molecule has 0 unspecified atom stereocenters. The predicted octanol–water partition coefficient (Wildman–Crippen LogP) is 2.25. The Morgan fingerprint density at radius 3 is 3.00 bits per heavy atom. The molecule has 25 heavy (non-hydrogen) atoms. The van der Waals surface area contributed by atoms with Crippen molar-refractivity contribution in [3.05, 3.63) is 35.4 Å². The summed E-state index contributed by atoms with van der Waals surface area (Å²) in [5, 5.41) is 10.3. The molecule has 1 amide bonds. The molecule has 1 aromatic rings. The van der Waals surface area contributed by atoms with E-state index in [4.69, 9.17) is 9.47 Å². The number of hydrogen-bond acceptors (Lipinski definition) is 5. The maximum absolute atomic E-state index is 11.9. The number of carbonyl (C=O) groups is 1. The lowest BCUT2D eigenvalue weighted by Crippen LogP contribution is -2.44. The van der Waals surface area contributed by atoms with Gasteiger partial charge in [-0.05, 0) is 37.7 Å². The van der Waals surface area contributed by atoms with Gasteiger partial charge < -0.3 is 24.4 Å². The highest BCUT2D eigenvalue weighted by Gasteiger charge is 2.53. The minimum absolute atomic E-state index is 0.133. The average molecular weight is 344 g/mol. The maximum Gasteiger partial charge on any atom is 0.409 e. The molecule has 134 valence electrons. The van der Waals surface area contributed by atoms with E-state index in [1.165, 1.54) is 10.5 Å². The Kier molecular flexibility index (Phi) is 3.68. The van der Waals surface area contributed by atoms with Crippen LogP contribution in [0.1, 0.15) is 24.0 Å². The molecule has 1 spiro atoms. The van der Waals surface area contributed by atoms with Crippen LogP contribution in [-0.2, 0) is 16.7 Å². The second-order valence-electron chi connectivity index (χ2n) is 7.49. The molecule has 1 N–H and O–H groups in total. The van der Waals surface area contributed by atoms with E-state index in [1.54, 1.807) is 20.2 Å². The molecule has 1 aromatic carbocycles. The van der Waals surface area contributed by atoms with Crippen LogP contribution in [-0.4, -0.2) is 60.9 Å². The van der Waals surface area contributed by atoms with Crippen molar-refractivity contribution in [2.24, 2.45) is 0 Å². The van der Waals surface area contributed by atoms with Gasteiger partial charge in [0.25, 0.3) is 0 Å². The zero-order valence-electron chi connectivity index (χ0n) is 14.9. The molecule has 0 bridgehead atoms. The van der Waals surface area contributed by atoms with Crippen LogP contribution in [0.4, 0.5) is 4.79 Å². The number of benzene rings is 1. The van der Waals surface area contributed by atoms with Crippen LogP contribution < -0.4 is 4.74 Å². The largest absolute Gasteiger partial charge is 0.504 e. The number of carbonyl (C=O) groups excluding carboxylic acids is 1. The van der Waals surface area contributed by atoms with Gasteiger partial charge in [-0.25, -0.2) is 4.79 Å². The summed E-state index contributed by atoms with van der Waals surface area (Å²) in [6, 6.07) is 3.71. The minimum atomic E-state index is -0.356. The van der Waals surface area contributed by atoms with Crippen molar-refractivity contribution in [1.29, 1.82) is 0 Å². The Labute approximate surface area is 147 Å². The zero-order chi connectivity index (χ0) is 17.8. The molecule has 2 aliphatic heterocycles. The summed E-state index contributed by atoms with van der Waals surface area (Å²) in [7, 11) is 5.45. The number of aromatic hydroxyl groups is 1. The third-order valence-corrected chi connectivity index (χ3v) is 5.54. The minimum Gasteiger partial charge on any atom is -0.504 e. The summed E-state index contributed by atoms with van der Waals surface area (Å²) in [5.41, 5.74) is 2.05. The van der Waals surface area contributed by atoms with E-state index in [2.05, 4.69) is 18.0 Å². The van der Waals surface area contributed by atoms with Crippen LogP contribution in [0.25, 0.3) is 0 Å². The van der Waals surface area contributed by atoms with Crippen molar-refractivity contribution >= 4 is 6.09 Å². The van der Waals surface area contributed by atoms with Crippen LogP contribution in [0, 0.1) is 0 Å². The molecule has 6 heteroatoms. The van der Waals surface area contributed by atoms with Gasteiger partial charge in [0.15, 0.2) is 11.5 Å².